The predicted molar refractivity (Wildman–Crippen MR) is 44.8 cm³/mol. The minimum Gasteiger partial charge on any atom is -0.391 e. The second kappa shape index (κ2) is 4.04. The van der Waals surface area contributed by atoms with Crippen LogP contribution < -0.4 is 5.32 Å². The predicted octanol–water partition coefficient (Wildman–Crippen LogP) is -1.02. The number of aliphatic hydroxyl groups excluding tert-OH is 2. The molecular weight excluding hydrogens is 174 g/mol. The molecule has 1 fully saturated rings. The number of hydrogen-bond acceptors (Lipinski definition) is 4. The summed E-state index contributed by atoms with van der Waals surface area (Å²) in [4.78, 5) is 10.7. The number of nitrogens with one attached hydrogen (secondary N) is 1. The lowest BCUT2D eigenvalue weighted by Gasteiger charge is -2.36. The zero-order chi connectivity index (χ0) is 10.0. The van der Waals surface area contributed by atoms with Gasteiger partial charge in [-0.05, 0) is 6.92 Å². The summed E-state index contributed by atoms with van der Waals surface area (Å²) in [7, 11) is 0. The summed E-state index contributed by atoms with van der Waals surface area (Å²) in [6.07, 6.45) is -1.92. The lowest BCUT2D eigenvalue weighted by molar-refractivity contribution is -0.197. The molecule has 76 valence electrons. The standard InChI is InChI=1S/C8H15NO4/c1-4-8(9-5(2)10)6(11)3-7(12)13-4/h4,6-8,11-12H,3H2,1-2H3,(H,9,10)/t4-,6+,7-,8-/m0/s1. The number of rotatable bonds is 1. The maximum absolute atomic E-state index is 10.7. The minimum absolute atomic E-state index is 0.134. The van der Waals surface area contributed by atoms with Crippen molar-refractivity contribution in [3.05, 3.63) is 0 Å². The zero-order valence-electron chi connectivity index (χ0n) is 7.73. The number of ether oxygens (including phenoxy) is 1. The topological polar surface area (TPSA) is 78.8 Å². The van der Waals surface area contributed by atoms with Gasteiger partial charge in [0.25, 0.3) is 0 Å². The van der Waals surface area contributed by atoms with Gasteiger partial charge in [-0.1, -0.05) is 0 Å². The van der Waals surface area contributed by atoms with E-state index in [2.05, 4.69) is 5.32 Å². The van der Waals surface area contributed by atoms with E-state index in [9.17, 15) is 9.90 Å². The van der Waals surface area contributed by atoms with Crippen molar-refractivity contribution in [1.29, 1.82) is 0 Å². The molecule has 3 N–H and O–H groups in total. The fraction of sp³-hybridized carbons (Fsp3) is 0.875. The van der Waals surface area contributed by atoms with Gasteiger partial charge in [0.2, 0.25) is 5.91 Å². The Kier molecular flexibility index (Phi) is 3.24. The molecule has 0 saturated carbocycles. The number of hydrogen-bond donors (Lipinski definition) is 3. The largest absolute Gasteiger partial charge is 0.391 e. The number of carbonyl (C=O) groups excluding carboxylic acids is 1. The van der Waals surface area contributed by atoms with Gasteiger partial charge < -0.3 is 20.3 Å². The summed E-state index contributed by atoms with van der Waals surface area (Å²) in [6.45, 7) is 3.08. The number of amides is 1. The van der Waals surface area contributed by atoms with Crippen LogP contribution in [0.5, 0.6) is 0 Å². The van der Waals surface area contributed by atoms with Crippen LogP contribution in [0.15, 0.2) is 0 Å². The summed E-state index contributed by atoms with van der Waals surface area (Å²) in [5.74, 6) is -0.212. The molecule has 1 saturated heterocycles. The zero-order valence-corrected chi connectivity index (χ0v) is 7.73. The first kappa shape index (κ1) is 10.4. The highest BCUT2D eigenvalue weighted by Crippen LogP contribution is 2.18. The van der Waals surface area contributed by atoms with Crippen LogP contribution >= 0.6 is 0 Å². The summed E-state index contributed by atoms with van der Waals surface area (Å²) >= 11 is 0. The van der Waals surface area contributed by atoms with E-state index in [1.165, 1.54) is 6.92 Å². The van der Waals surface area contributed by atoms with Crippen molar-refractivity contribution in [1.82, 2.24) is 5.32 Å². The van der Waals surface area contributed by atoms with Crippen molar-refractivity contribution in [2.75, 3.05) is 0 Å². The number of carbonyl (C=O) groups is 1. The van der Waals surface area contributed by atoms with Gasteiger partial charge in [-0.3, -0.25) is 4.79 Å². The second-order valence-corrected chi connectivity index (χ2v) is 3.33. The molecule has 0 radical (unpaired) electrons. The molecule has 0 aliphatic carbocycles. The molecule has 0 unspecified atom stereocenters. The Balaban J connectivity index is 2.56. The first-order valence-corrected chi connectivity index (χ1v) is 4.29. The Bertz CT molecular complexity index is 185. The van der Waals surface area contributed by atoms with Crippen LogP contribution in [0.2, 0.25) is 0 Å². The van der Waals surface area contributed by atoms with Crippen molar-refractivity contribution >= 4 is 5.91 Å². The molecule has 1 heterocycles. The molecule has 0 spiro atoms. The lowest BCUT2D eigenvalue weighted by atomic mass is 9.99. The van der Waals surface area contributed by atoms with E-state index < -0.39 is 18.4 Å². The molecule has 5 nitrogen and oxygen atoms in total. The van der Waals surface area contributed by atoms with Gasteiger partial charge >= 0.3 is 0 Å². The van der Waals surface area contributed by atoms with Crippen molar-refractivity contribution in [3.63, 3.8) is 0 Å². The summed E-state index contributed by atoms with van der Waals surface area (Å²) < 4.78 is 5.05. The quantitative estimate of drug-likeness (QED) is 0.493. The van der Waals surface area contributed by atoms with E-state index >= 15 is 0 Å². The molecule has 13 heavy (non-hydrogen) atoms. The first-order valence-electron chi connectivity index (χ1n) is 4.29. The Hall–Kier alpha value is -0.650. The maximum atomic E-state index is 10.7. The van der Waals surface area contributed by atoms with E-state index in [-0.39, 0.29) is 18.4 Å². The van der Waals surface area contributed by atoms with Crippen LogP contribution in [0.4, 0.5) is 0 Å². The molecule has 0 bridgehead atoms. The van der Waals surface area contributed by atoms with Crippen LogP contribution in [-0.2, 0) is 9.53 Å². The Labute approximate surface area is 76.7 Å². The third kappa shape index (κ3) is 2.65. The molecule has 0 aromatic rings. The molecule has 1 aliphatic heterocycles. The molecule has 1 aliphatic rings. The normalized spacial score (nSPS) is 40.0. The fourth-order valence-electron chi connectivity index (χ4n) is 1.50. The van der Waals surface area contributed by atoms with E-state index in [1.54, 1.807) is 6.92 Å². The summed E-state index contributed by atoms with van der Waals surface area (Å²) in [6, 6.07) is -0.430. The average Bonchev–Trinajstić information content (AvgIpc) is 1.96. The Morgan fingerprint density at radius 3 is 2.62 bits per heavy atom. The highest BCUT2D eigenvalue weighted by Gasteiger charge is 2.34. The van der Waals surface area contributed by atoms with Crippen LogP contribution in [0, 0.1) is 0 Å². The second-order valence-electron chi connectivity index (χ2n) is 3.33. The van der Waals surface area contributed by atoms with Gasteiger partial charge in [-0.2, -0.15) is 0 Å². The van der Waals surface area contributed by atoms with Gasteiger partial charge in [-0.15, -0.1) is 0 Å². The molecule has 1 rings (SSSR count). The van der Waals surface area contributed by atoms with Gasteiger partial charge in [0.15, 0.2) is 6.29 Å². The first-order chi connectivity index (χ1) is 6.00. The Morgan fingerprint density at radius 1 is 1.54 bits per heavy atom. The van der Waals surface area contributed by atoms with E-state index in [1.807, 2.05) is 0 Å². The molecule has 1 amide bonds. The van der Waals surface area contributed by atoms with Crippen LogP contribution in [-0.4, -0.2) is 40.7 Å². The van der Waals surface area contributed by atoms with Gasteiger partial charge in [-0.25, -0.2) is 0 Å². The summed E-state index contributed by atoms with van der Waals surface area (Å²) in [5.41, 5.74) is 0. The van der Waals surface area contributed by atoms with Crippen LogP contribution in [0.25, 0.3) is 0 Å². The van der Waals surface area contributed by atoms with E-state index in [4.69, 9.17) is 9.84 Å². The van der Waals surface area contributed by atoms with Crippen molar-refractivity contribution in [3.8, 4) is 0 Å². The van der Waals surface area contributed by atoms with Crippen LogP contribution in [0.1, 0.15) is 20.3 Å². The SMILES string of the molecule is CC(=O)N[C@@H]1[C@H](O)C[C@@H](O)O[C@H]1C. The van der Waals surface area contributed by atoms with Gasteiger partial charge in [0.1, 0.15) is 0 Å². The maximum Gasteiger partial charge on any atom is 0.217 e. The monoisotopic (exact) mass is 189 g/mol. The highest BCUT2D eigenvalue weighted by molar-refractivity contribution is 5.73. The number of aliphatic hydroxyl groups is 2. The molecule has 0 aromatic carbocycles. The third-order valence-electron chi connectivity index (χ3n) is 2.11. The minimum atomic E-state index is -0.935. The van der Waals surface area contributed by atoms with Gasteiger partial charge in [0.05, 0.1) is 18.2 Å². The highest BCUT2D eigenvalue weighted by atomic mass is 16.6. The van der Waals surface area contributed by atoms with Crippen LogP contribution in [0.3, 0.4) is 0 Å². The van der Waals surface area contributed by atoms with E-state index in [0.29, 0.717) is 0 Å². The lowest BCUT2D eigenvalue weighted by Crippen LogP contribution is -2.55. The van der Waals surface area contributed by atoms with Crippen molar-refractivity contribution in [2.45, 2.75) is 44.8 Å². The fourth-order valence-corrected chi connectivity index (χ4v) is 1.50. The average molecular weight is 189 g/mol. The molecular formula is C8H15NO4. The smallest absolute Gasteiger partial charge is 0.217 e. The van der Waals surface area contributed by atoms with Crippen molar-refractivity contribution in [2.24, 2.45) is 0 Å². The summed E-state index contributed by atoms with van der Waals surface area (Å²) in [5, 5.41) is 21.2. The molecule has 5 heteroatoms. The van der Waals surface area contributed by atoms with Gasteiger partial charge in [0, 0.05) is 13.3 Å². The van der Waals surface area contributed by atoms with Crippen molar-refractivity contribution < 1.29 is 19.7 Å². The van der Waals surface area contributed by atoms with E-state index in [0.717, 1.165) is 0 Å². The third-order valence-corrected chi connectivity index (χ3v) is 2.11. The molecule has 0 aromatic heterocycles. The molecule has 4 atom stereocenters. The Morgan fingerprint density at radius 2 is 2.15 bits per heavy atom.